The lowest BCUT2D eigenvalue weighted by Gasteiger charge is -2.16. The lowest BCUT2D eigenvalue weighted by atomic mass is 10.2. The molecule has 7 nitrogen and oxygen atoms in total. The molecule has 0 spiro atoms. The van der Waals surface area contributed by atoms with Crippen LogP contribution in [0.25, 0.3) is 27.6 Å². The summed E-state index contributed by atoms with van der Waals surface area (Å²) in [5.74, 6) is 0.713. The molecule has 1 aliphatic carbocycles. The van der Waals surface area contributed by atoms with Gasteiger partial charge in [0.25, 0.3) is 5.56 Å². The van der Waals surface area contributed by atoms with E-state index in [2.05, 4.69) is 10.3 Å². The lowest BCUT2D eigenvalue weighted by Crippen LogP contribution is -2.34. The van der Waals surface area contributed by atoms with Gasteiger partial charge in [-0.05, 0) is 43.5 Å². The average molecular weight is 463 g/mol. The molecular formula is C25H26N4O3S. The first kappa shape index (κ1) is 21.6. The second-order valence-corrected chi connectivity index (χ2v) is 9.38. The van der Waals surface area contributed by atoms with Crippen LogP contribution in [0.3, 0.4) is 0 Å². The number of nitrogens with one attached hydrogen (secondary N) is 2. The van der Waals surface area contributed by atoms with E-state index in [9.17, 15) is 9.59 Å². The molecule has 1 amide bonds. The van der Waals surface area contributed by atoms with E-state index in [0.29, 0.717) is 27.6 Å². The highest BCUT2D eigenvalue weighted by molar-refractivity contribution is 7.99. The molecule has 170 valence electrons. The van der Waals surface area contributed by atoms with E-state index in [-0.39, 0.29) is 23.3 Å². The van der Waals surface area contributed by atoms with E-state index < -0.39 is 0 Å². The van der Waals surface area contributed by atoms with Crippen LogP contribution in [0.5, 0.6) is 5.75 Å². The Morgan fingerprint density at radius 3 is 2.82 bits per heavy atom. The summed E-state index contributed by atoms with van der Waals surface area (Å²) in [6.45, 7) is 1.96. The molecule has 0 unspecified atom stereocenters. The van der Waals surface area contributed by atoms with Crippen molar-refractivity contribution >= 4 is 39.6 Å². The van der Waals surface area contributed by atoms with E-state index in [1.165, 1.54) is 11.8 Å². The van der Waals surface area contributed by atoms with Crippen molar-refractivity contribution in [1.29, 1.82) is 0 Å². The average Bonchev–Trinajstić information content (AvgIpc) is 3.46. The number of carbonyl (C=O) groups excluding carboxylic acids is 1. The van der Waals surface area contributed by atoms with Gasteiger partial charge >= 0.3 is 0 Å². The molecule has 8 heteroatoms. The second-order valence-electron chi connectivity index (χ2n) is 8.44. The molecule has 0 bridgehead atoms. The standard InChI is InChI=1S/C25H26N4O3S/c1-15-11-12-20(32-2)19(13-15)29-24(31)23-22(17-9-5-6-10-18(17)27-23)28-25(29)33-14-21(30)26-16-7-3-4-8-16/h5-6,9-13,16,27H,3-4,7-8,14H2,1-2H3,(H,26,30). The van der Waals surface area contributed by atoms with Gasteiger partial charge in [0.05, 0.1) is 18.6 Å². The molecule has 1 fully saturated rings. The maximum Gasteiger partial charge on any atom is 0.283 e. The van der Waals surface area contributed by atoms with Crippen LogP contribution in [-0.2, 0) is 4.79 Å². The Kier molecular flexibility index (Phi) is 5.85. The summed E-state index contributed by atoms with van der Waals surface area (Å²) in [5.41, 5.74) is 3.26. The molecule has 2 heterocycles. The van der Waals surface area contributed by atoms with Crippen LogP contribution >= 0.6 is 11.8 Å². The van der Waals surface area contributed by atoms with Gasteiger partial charge in [0.2, 0.25) is 5.91 Å². The van der Waals surface area contributed by atoms with E-state index in [1.54, 1.807) is 11.7 Å². The van der Waals surface area contributed by atoms with Crippen LogP contribution in [0.1, 0.15) is 31.2 Å². The van der Waals surface area contributed by atoms with Crippen LogP contribution in [-0.4, -0.2) is 39.3 Å². The van der Waals surface area contributed by atoms with Crippen molar-refractivity contribution in [3.8, 4) is 11.4 Å². The Balaban J connectivity index is 1.63. The van der Waals surface area contributed by atoms with E-state index in [0.717, 1.165) is 42.1 Å². The normalized spacial score (nSPS) is 14.2. The number of thioether (sulfide) groups is 1. The van der Waals surface area contributed by atoms with Crippen LogP contribution < -0.4 is 15.6 Å². The minimum Gasteiger partial charge on any atom is -0.495 e. The van der Waals surface area contributed by atoms with Crippen LogP contribution in [0.2, 0.25) is 0 Å². The largest absolute Gasteiger partial charge is 0.495 e. The molecule has 4 aromatic rings. The molecule has 1 saturated carbocycles. The number of methoxy groups -OCH3 is 1. The van der Waals surface area contributed by atoms with Crippen LogP contribution in [0.15, 0.2) is 52.4 Å². The number of para-hydroxylation sites is 1. The number of hydrogen-bond acceptors (Lipinski definition) is 5. The number of aromatic amines is 1. The molecule has 5 rings (SSSR count). The fourth-order valence-corrected chi connectivity index (χ4v) is 5.31. The third-order valence-electron chi connectivity index (χ3n) is 6.12. The van der Waals surface area contributed by atoms with Crippen molar-refractivity contribution in [3.05, 3.63) is 58.4 Å². The zero-order valence-corrected chi connectivity index (χ0v) is 19.5. The van der Waals surface area contributed by atoms with Gasteiger partial charge in [-0.3, -0.25) is 9.59 Å². The molecule has 0 atom stereocenters. The molecule has 2 aromatic heterocycles. The van der Waals surface area contributed by atoms with Gasteiger partial charge in [0, 0.05) is 16.9 Å². The summed E-state index contributed by atoms with van der Waals surface area (Å²) >= 11 is 1.27. The van der Waals surface area contributed by atoms with Crippen molar-refractivity contribution in [2.45, 2.75) is 43.8 Å². The third kappa shape index (κ3) is 4.11. The second kappa shape index (κ2) is 8.94. The Hall–Kier alpha value is -3.26. The third-order valence-corrected chi connectivity index (χ3v) is 7.06. The first-order chi connectivity index (χ1) is 16.0. The summed E-state index contributed by atoms with van der Waals surface area (Å²) in [6.07, 6.45) is 4.37. The molecule has 0 radical (unpaired) electrons. The van der Waals surface area contributed by atoms with E-state index in [4.69, 9.17) is 9.72 Å². The molecule has 1 aliphatic rings. The molecule has 2 N–H and O–H groups in total. The molecular weight excluding hydrogens is 436 g/mol. The highest BCUT2D eigenvalue weighted by Gasteiger charge is 2.22. The Bertz CT molecular complexity index is 1400. The van der Waals surface area contributed by atoms with Gasteiger partial charge in [-0.2, -0.15) is 0 Å². The Labute approximate surface area is 195 Å². The molecule has 0 aliphatic heterocycles. The number of ether oxygens (including phenoxy) is 1. The van der Waals surface area contributed by atoms with Crippen molar-refractivity contribution < 1.29 is 9.53 Å². The first-order valence-corrected chi connectivity index (χ1v) is 12.1. The summed E-state index contributed by atoms with van der Waals surface area (Å²) in [5, 5.41) is 4.45. The highest BCUT2D eigenvalue weighted by atomic mass is 32.2. The smallest absolute Gasteiger partial charge is 0.283 e. The number of H-pyrrole nitrogens is 1. The minimum atomic E-state index is -0.223. The lowest BCUT2D eigenvalue weighted by molar-refractivity contribution is -0.119. The Morgan fingerprint density at radius 1 is 1.24 bits per heavy atom. The van der Waals surface area contributed by atoms with Gasteiger partial charge in [0.15, 0.2) is 5.16 Å². The number of amides is 1. The molecule has 0 saturated heterocycles. The number of aryl methyl sites for hydroxylation is 1. The van der Waals surface area contributed by atoms with Crippen molar-refractivity contribution in [2.75, 3.05) is 12.9 Å². The number of rotatable bonds is 6. The summed E-state index contributed by atoms with van der Waals surface area (Å²) in [7, 11) is 1.58. The van der Waals surface area contributed by atoms with Gasteiger partial charge < -0.3 is 15.0 Å². The fourth-order valence-electron chi connectivity index (χ4n) is 4.50. The van der Waals surface area contributed by atoms with E-state index in [1.807, 2.05) is 49.4 Å². The zero-order chi connectivity index (χ0) is 22.9. The highest BCUT2D eigenvalue weighted by Crippen LogP contribution is 2.30. The van der Waals surface area contributed by atoms with Crippen LogP contribution in [0.4, 0.5) is 0 Å². The molecule has 2 aromatic carbocycles. The summed E-state index contributed by atoms with van der Waals surface area (Å²) in [6, 6.07) is 13.6. The maximum atomic E-state index is 13.7. The van der Waals surface area contributed by atoms with Crippen molar-refractivity contribution in [2.24, 2.45) is 0 Å². The predicted molar refractivity (Wildman–Crippen MR) is 132 cm³/mol. The number of carbonyl (C=O) groups is 1. The van der Waals surface area contributed by atoms with Crippen molar-refractivity contribution in [1.82, 2.24) is 19.9 Å². The number of aromatic nitrogens is 3. The summed E-state index contributed by atoms with van der Waals surface area (Å²) in [4.78, 5) is 34.5. The number of fused-ring (bicyclic) bond motifs is 3. The first-order valence-electron chi connectivity index (χ1n) is 11.2. The van der Waals surface area contributed by atoms with Crippen LogP contribution in [0, 0.1) is 6.92 Å². The Morgan fingerprint density at radius 2 is 2.03 bits per heavy atom. The van der Waals surface area contributed by atoms with E-state index >= 15 is 0 Å². The maximum absolute atomic E-state index is 13.7. The predicted octanol–water partition coefficient (Wildman–Crippen LogP) is 4.33. The van der Waals surface area contributed by atoms with Gasteiger partial charge in [-0.15, -0.1) is 0 Å². The fraction of sp³-hybridized carbons (Fsp3) is 0.320. The van der Waals surface area contributed by atoms with Gasteiger partial charge in [-0.25, -0.2) is 9.55 Å². The number of nitrogens with zero attached hydrogens (tertiary/aromatic N) is 2. The minimum absolute atomic E-state index is 0.0390. The topological polar surface area (TPSA) is 89.0 Å². The molecule has 33 heavy (non-hydrogen) atoms. The van der Waals surface area contributed by atoms with Gasteiger partial charge in [0.1, 0.15) is 16.8 Å². The monoisotopic (exact) mass is 462 g/mol. The van der Waals surface area contributed by atoms with Crippen molar-refractivity contribution in [3.63, 3.8) is 0 Å². The zero-order valence-electron chi connectivity index (χ0n) is 18.7. The SMILES string of the molecule is COc1ccc(C)cc1-n1c(SCC(=O)NC2CCCC2)nc2c([nH]c3ccccc32)c1=O. The number of hydrogen-bond donors (Lipinski definition) is 2. The quantitative estimate of drug-likeness (QED) is 0.329. The number of benzene rings is 2. The summed E-state index contributed by atoms with van der Waals surface area (Å²) < 4.78 is 7.12. The van der Waals surface area contributed by atoms with Gasteiger partial charge in [-0.1, -0.05) is 48.9 Å².